The zero-order chi connectivity index (χ0) is 43.2. The summed E-state index contributed by atoms with van der Waals surface area (Å²) in [5.41, 5.74) is -0.428. The van der Waals surface area contributed by atoms with Crippen molar-refractivity contribution in [2.24, 2.45) is 11.8 Å². The third-order valence-corrected chi connectivity index (χ3v) is 11.0. The van der Waals surface area contributed by atoms with Gasteiger partial charge in [-0.2, -0.15) is 26.3 Å². The van der Waals surface area contributed by atoms with Crippen LogP contribution in [0.3, 0.4) is 0 Å². The summed E-state index contributed by atoms with van der Waals surface area (Å²) >= 11 is 0. The molecule has 4 atom stereocenters. The molecule has 7 rings (SSSR count). The van der Waals surface area contributed by atoms with Crippen molar-refractivity contribution >= 4 is 12.0 Å². The summed E-state index contributed by atoms with van der Waals surface area (Å²) in [5.74, 6) is 1.28. The molecule has 1 N–H and O–H groups in total. The fourth-order valence-corrected chi connectivity index (χ4v) is 7.78. The first kappa shape index (κ1) is 48.5. The lowest BCUT2D eigenvalue weighted by atomic mass is 9.98. The molecule has 3 aromatic carbocycles. The number of likely N-dealkylation sites (tertiary alicyclic amines) is 2. The molecule has 0 radical (unpaired) electrons. The highest BCUT2D eigenvalue weighted by molar-refractivity contribution is 5.81. The van der Waals surface area contributed by atoms with Gasteiger partial charge in [0.2, 0.25) is 0 Å². The zero-order valence-electron chi connectivity index (χ0n) is 34.0. The van der Waals surface area contributed by atoms with Gasteiger partial charge in [-0.05, 0) is 86.3 Å². The third-order valence-electron chi connectivity index (χ3n) is 11.0. The molecule has 3 aromatic rings. The van der Waals surface area contributed by atoms with Crippen LogP contribution in [0.1, 0.15) is 49.8 Å². The van der Waals surface area contributed by atoms with Crippen LogP contribution in [-0.4, -0.2) is 124 Å². The van der Waals surface area contributed by atoms with Crippen LogP contribution in [0.5, 0.6) is 11.5 Å². The molecule has 0 aromatic heterocycles. The fraction of sp³-hybridized carbons (Fsp3) is 0.556. The van der Waals surface area contributed by atoms with E-state index in [4.69, 9.17) is 23.7 Å². The van der Waals surface area contributed by atoms with Crippen LogP contribution in [0.4, 0.5) is 31.1 Å². The topological polar surface area (TPSA) is 102 Å². The highest BCUT2D eigenvalue weighted by Crippen LogP contribution is 2.32. The van der Waals surface area contributed by atoms with E-state index in [1.54, 1.807) is 4.90 Å². The molecule has 4 fully saturated rings. The maximum Gasteiger partial charge on any atom is 0.416 e. The average Bonchev–Trinajstić information content (AvgIpc) is 3.27. The van der Waals surface area contributed by atoms with Gasteiger partial charge < -0.3 is 43.7 Å². The van der Waals surface area contributed by atoms with Gasteiger partial charge in [0.15, 0.2) is 0 Å². The fourth-order valence-electron chi connectivity index (χ4n) is 7.78. The summed E-state index contributed by atoms with van der Waals surface area (Å²) in [6, 6.07) is 19.1. The maximum absolute atomic E-state index is 12.7. The second kappa shape index (κ2) is 23.2. The quantitative estimate of drug-likeness (QED) is 0.194. The molecule has 4 saturated heterocycles. The van der Waals surface area contributed by atoms with Gasteiger partial charge in [-0.25, -0.2) is 4.79 Å². The number of piperidine rings is 2. The van der Waals surface area contributed by atoms with Gasteiger partial charge >= 0.3 is 18.4 Å². The number of rotatable bonds is 11. The molecular formula is C45H58F6N4O7. The van der Waals surface area contributed by atoms with Crippen LogP contribution in [0, 0.1) is 11.8 Å². The lowest BCUT2D eigenvalue weighted by molar-refractivity contribution is -0.147. The van der Waals surface area contributed by atoms with Crippen LogP contribution < -0.4 is 14.8 Å². The van der Waals surface area contributed by atoms with Crippen molar-refractivity contribution in [1.29, 1.82) is 0 Å². The summed E-state index contributed by atoms with van der Waals surface area (Å²) in [5, 5.41) is 3.15. The zero-order valence-corrected chi connectivity index (χ0v) is 34.0. The second-order valence-electron chi connectivity index (χ2n) is 15.8. The highest BCUT2D eigenvalue weighted by Gasteiger charge is 2.33. The van der Waals surface area contributed by atoms with E-state index in [9.17, 15) is 35.9 Å². The van der Waals surface area contributed by atoms with E-state index >= 15 is 0 Å². The standard InChI is InChI=1S/C26H31F3N2O4.C18H23F3N2O3.CH4/c27-26(28,29)22-8-10-23(11-9-22)34-19-21-7-4-12-30(15-21)16-24-17-31(13-14-33-24)25(32)35-18-20-5-2-1-3-6-20;19-18(20,21)14-3-5-15(6-4-14)26-12-13-2-1-8-23(11-13)17(24)16-10-22-7-9-25-16;/h1-3,5-6,8-11,21,24H,4,7,12-19H2;3-6,13,16,22H,1-2,7-12H2;1H4. The van der Waals surface area contributed by atoms with E-state index in [1.165, 1.54) is 24.3 Å². The number of alkyl halides is 6. The number of hydrogen-bond donors (Lipinski definition) is 1. The summed E-state index contributed by atoms with van der Waals surface area (Å²) in [7, 11) is 0. The molecule has 0 spiro atoms. The molecule has 4 aliphatic rings. The van der Waals surface area contributed by atoms with Crippen LogP contribution in [0.25, 0.3) is 0 Å². The van der Waals surface area contributed by atoms with E-state index < -0.39 is 29.6 Å². The van der Waals surface area contributed by atoms with Crippen LogP contribution in [-0.2, 0) is 38.0 Å². The van der Waals surface area contributed by atoms with Gasteiger partial charge in [0.25, 0.3) is 5.91 Å². The van der Waals surface area contributed by atoms with Crippen molar-refractivity contribution in [2.75, 3.05) is 85.3 Å². The Labute approximate surface area is 359 Å². The number of amides is 2. The molecule has 17 heteroatoms. The molecular weight excluding hydrogens is 823 g/mol. The molecule has 0 saturated carbocycles. The lowest BCUT2D eigenvalue weighted by Crippen LogP contribution is -2.52. The normalized spacial score (nSPS) is 22.4. The Balaban J connectivity index is 0.000000240. The van der Waals surface area contributed by atoms with Crippen molar-refractivity contribution < 1.29 is 59.6 Å². The van der Waals surface area contributed by atoms with E-state index in [0.717, 1.165) is 75.1 Å². The third kappa shape index (κ3) is 15.1. The first-order valence-electron chi connectivity index (χ1n) is 20.8. The number of carbonyl (C=O) groups excluding carboxylic acids is 2. The number of nitrogens with one attached hydrogen (secondary N) is 1. The average molecular weight is 881 g/mol. The number of hydrogen-bond acceptors (Lipinski definition) is 9. The Bertz CT molecular complexity index is 1800. The SMILES string of the molecule is C.O=C(C1CNCCO1)N1CCCC(COc2ccc(C(F)(F)F)cc2)C1.O=C(OCc1ccccc1)N1CCOC(CN2CCCC(COc3ccc(C(F)(F)F)cc3)C2)C1. The summed E-state index contributed by atoms with van der Waals surface area (Å²) in [4.78, 5) is 30.9. The molecule has 2 amide bonds. The number of benzene rings is 3. The molecule has 11 nitrogen and oxygen atoms in total. The number of ether oxygens (including phenoxy) is 5. The number of morpholine rings is 2. The first-order chi connectivity index (χ1) is 29.3. The number of halogens is 6. The van der Waals surface area contributed by atoms with E-state index in [-0.39, 0.29) is 44.0 Å². The molecule has 0 aliphatic carbocycles. The number of nitrogens with zero attached hydrogens (tertiary/aromatic N) is 3. The van der Waals surface area contributed by atoms with Gasteiger partial charge in [0.05, 0.1) is 50.2 Å². The van der Waals surface area contributed by atoms with E-state index in [2.05, 4.69) is 10.2 Å². The second-order valence-corrected chi connectivity index (χ2v) is 15.8. The molecule has 4 unspecified atom stereocenters. The summed E-state index contributed by atoms with van der Waals surface area (Å²) in [6.45, 7) is 8.10. The molecule has 0 bridgehead atoms. The van der Waals surface area contributed by atoms with Crippen LogP contribution in [0.15, 0.2) is 78.9 Å². The predicted molar refractivity (Wildman–Crippen MR) is 220 cm³/mol. The lowest BCUT2D eigenvalue weighted by Gasteiger charge is -2.38. The van der Waals surface area contributed by atoms with Gasteiger partial charge in [-0.1, -0.05) is 37.8 Å². The number of carbonyl (C=O) groups is 2. The Morgan fingerprint density at radius 3 is 1.87 bits per heavy atom. The maximum atomic E-state index is 12.7. The smallest absolute Gasteiger partial charge is 0.416 e. The monoisotopic (exact) mass is 880 g/mol. The summed E-state index contributed by atoms with van der Waals surface area (Å²) < 4.78 is 104. The molecule has 342 valence electrons. The van der Waals surface area contributed by atoms with E-state index in [1.807, 2.05) is 35.2 Å². The Hall–Kier alpha value is -4.58. The Morgan fingerprint density at radius 1 is 0.694 bits per heavy atom. The van der Waals surface area contributed by atoms with Crippen molar-refractivity contribution in [3.05, 3.63) is 95.6 Å². The largest absolute Gasteiger partial charge is 0.493 e. The van der Waals surface area contributed by atoms with Crippen molar-refractivity contribution in [2.45, 2.75) is 64.3 Å². The van der Waals surface area contributed by atoms with Gasteiger partial charge in [-0.3, -0.25) is 4.79 Å². The minimum atomic E-state index is -4.35. The minimum Gasteiger partial charge on any atom is -0.493 e. The molecule has 62 heavy (non-hydrogen) atoms. The molecule has 4 aliphatic heterocycles. The minimum absolute atomic E-state index is 0. The van der Waals surface area contributed by atoms with Gasteiger partial charge in [-0.15, -0.1) is 0 Å². The Morgan fingerprint density at radius 2 is 1.29 bits per heavy atom. The van der Waals surface area contributed by atoms with Crippen molar-refractivity contribution in [3.8, 4) is 11.5 Å². The highest BCUT2D eigenvalue weighted by atomic mass is 19.4. The Kier molecular flexibility index (Phi) is 18.1. The first-order valence-corrected chi connectivity index (χ1v) is 20.8. The summed E-state index contributed by atoms with van der Waals surface area (Å²) in [6.07, 6.45) is -5.74. The van der Waals surface area contributed by atoms with E-state index in [0.29, 0.717) is 77.2 Å². The van der Waals surface area contributed by atoms with Crippen molar-refractivity contribution in [3.63, 3.8) is 0 Å². The van der Waals surface area contributed by atoms with Gasteiger partial charge in [0, 0.05) is 57.6 Å². The predicted octanol–water partition coefficient (Wildman–Crippen LogP) is 7.78. The van der Waals surface area contributed by atoms with Gasteiger partial charge in [0.1, 0.15) is 24.2 Å². The van der Waals surface area contributed by atoms with Crippen LogP contribution in [0.2, 0.25) is 0 Å². The van der Waals surface area contributed by atoms with Crippen LogP contribution >= 0.6 is 0 Å². The van der Waals surface area contributed by atoms with Crippen molar-refractivity contribution in [1.82, 2.24) is 20.0 Å². The molecule has 4 heterocycles.